The standard InChI is InChI=1S/C14H18FN3O3.ClH/c15-11-3-4-12(13(8-11)18(20)21)14(19)17-7-1-2-10(9-17)5-6-16;/h3-4,8,10H,1-2,5-7,9,16H2;1H. The number of likely N-dealkylation sites (tertiary alicyclic amines) is 1. The van der Waals surface area contributed by atoms with Crippen molar-refractivity contribution in [3.8, 4) is 0 Å². The lowest BCUT2D eigenvalue weighted by Gasteiger charge is -2.32. The molecular weight excluding hydrogens is 313 g/mol. The molecule has 1 atom stereocenters. The number of carbonyl (C=O) groups is 1. The number of piperidine rings is 1. The smallest absolute Gasteiger partial charge is 0.285 e. The highest BCUT2D eigenvalue weighted by Gasteiger charge is 2.28. The summed E-state index contributed by atoms with van der Waals surface area (Å²) >= 11 is 0. The van der Waals surface area contributed by atoms with Gasteiger partial charge in [0.05, 0.1) is 11.0 Å². The van der Waals surface area contributed by atoms with Crippen LogP contribution in [0.3, 0.4) is 0 Å². The molecule has 122 valence electrons. The zero-order valence-electron chi connectivity index (χ0n) is 12.0. The molecule has 0 aromatic heterocycles. The van der Waals surface area contributed by atoms with E-state index in [-0.39, 0.29) is 18.0 Å². The summed E-state index contributed by atoms with van der Waals surface area (Å²) in [5.74, 6) is -0.812. The lowest BCUT2D eigenvalue weighted by atomic mass is 9.94. The van der Waals surface area contributed by atoms with Crippen molar-refractivity contribution in [1.29, 1.82) is 0 Å². The molecule has 1 heterocycles. The number of nitrogens with zero attached hydrogens (tertiary/aromatic N) is 2. The monoisotopic (exact) mass is 331 g/mol. The van der Waals surface area contributed by atoms with E-state index in [1.165, 1.54) is 6.07 Å². The Kier molecular flexibility index (Phi) is 6.70. The summed E-state index contributed by atoms with van der Waals surface area (Å²) in [7, 11) is 0. The maximum Gasteiger partial charge on any atom is 0.285 e. The molecule has 1 aromatic carbocycles. The summed E-state index contributed by atoms with van der Waals surface area (Å²) in [6.45, 7) is 1.67. The van der Waals surface area contributed by atoms with Crippen molar-refractivity contribution in [2.45, 2.75) is 19.3 Å². The number of nitro groups is 1. The van der Waals surface area contributed by atoms with Gasteiger partial charge in [-0.3, -0.25) is 14.9 Å². The number of carbonyl (C=O) groups excluding carboxylic acids is 1. The van der Waals surface area contributed by atoms with Crippen molar-refractivity contribution < 1.29 is 14.1 Å². The van der Waals surface area contributed by atoms with E-state index in [2.05, 4.69) is 0 Å². The highest BCUT2D eigenvalue weighted by Crippen LogP contribution is 2.25. The van der Waals surface area contributed by atoms with Crippen LogP contribution in [0.1, 0.15) is 29.6 Å². The van der Waals surface area contributed by atoms with Crippen molar-refractivity contribution in [3.63, 3.8) is 0 Å². The van der Waals surface area contributed by atoms with E-state index < -0.39 is 22.3 Å². The molecular formula is C14H19ClFN3O3. The molecule has 8 heteroatoms. The van der Waals surface area contributed by atoms with E-state index >= 15 is 0 Å². The van der Waals surface area contributed by atoms with Crippen LogP contribution in [0.2, 0.25) is 0 Å². The average molecular weight is 332 g/mol. The summed E-state index contributed by atoms with van der Waals surface area (Å²) in [6.07, 6.45) is 2.69. The quantitative estimate of drug-likeness (QED) is 0.677. The Labute approximate surface area is 134 Å². The number of hydrogen-bond acceptors (Lipinski definition) is 4. The molecule has 0 bridgehead atoms. The van der Waals surface area contributed by atoms with Gasteiger partial charge >= 0.3 is 0 Å². The van der Waals surface area contributed by atoms with Crippen molar-refractivity contribution in [2.75, 3.05) is 19.6 Å². The van der Waals surface area contributed by atoms with Crippen molar-refractivity contribution in [3.05, 3.63) is 39.7 Å². The van der Waals surface area contributed by atoms with Crippen LogP contribution in [0.15, 0.2) is 18.2 Å². The van der Waals surface area contributed by atoms with Crippen LogP contribution in [-0.4, -0.2) is 35.4 Å². The van der Waals surface area contributed by atoms with Gasteiger partial charge < -0.3 is 10.6 Å². The zero-order valence-corrected chi connectivity index (χ0v) is 12.9. The summed E-state index contributed by atoms with van der Waals surface area (Å²) in [5, 5.41) is 11.0. The number of benzene rings is 1. The van der Waals surface area contributed by atoms with Crippen molar-refractivity contribution in [2.24, 2.45) is 11.7 Å². The molecule has 1 saturated heterocycles. The fourth-order valence-corrected chi connectivity index (χ4v) is 2.73. The third-order valence-corrected chi connectivity index (χ3v) is 3.77. The Balaban J connectivity index is 0.00000242. The van der Waals surface area contributed by atoms with E-state index in [1.54, 1.807) is 4.90 Å². The molecule has 1 aromatic rings. The first-order valence-corrected chi connectivity index (χ1v) is 6.96. The molecule has 6 nitrogen and oxygen atoms in total. The molecule has 1 amide bonds. The van der Waals surface area contributed by atoms with Gasteiger partial charge in [-0.2, -0.15) is 0 Å². The second kappa shape index (κ2) is 8.05. The first-order chi connectivity index (χ1) is 10.0. The van der Waals surface area contributed by atoms with Gasteiger partial charge in [-0.05, 0) is 43.9 Å². The van der Waals surface area contributed by atoms with Crippen LogP contribution in [0.4, 0.5) is 10.1 Å². The van der Waals surface area contributed by atoms with Crippen LogP contribution in [-0.2, 0) is 0 Å². The Morgan fingerprint density at radius 1 is 1.50 bits per heavy atom. The number of nitro benzene ring substituents is 1. The predicted octanol–water partition coefficient (Wildman–Crippen LogP) is 2.36. The minimum Gasteiger partial charge on any atom is -0.338 e. The van der Waals surface area contributed by atoms with Gasteiger partial charge in [0.2, 0.25) is 0 Å². The van der Waals surface area contributed by atoms with Gasteiger partial charge in [0.1, 0.15) is 11.4 Å². The zero-order chi connectivity index (χ0) is 15.4. The van der Waals surface area contributed by atoms with Crippen LogP contribution in [0, 0.1) is 21.8 Å². The summed E-state index contributed by atoms with van der Waals surface area (Å²) < 4.78 is 13.1. The molecule has 2 N–H and O–H groups in total. The molecule has 0 radical (unpaired) electrons. The number of amides is 1. The van der Waals surface area contributed by atoms with Crippen LogP contribution in [0.5, 0.6) is 0 Å². The van der Waals surface area contributed by atoms with Gasteiger partial charge in [0.25, 0.3) is 11.6 Å². The van der Waals surface area contributed by atoms with E-state index in [1.807, 2.05) is 0 Å². The summed E-state index contributed by atoms with van der Waals surface area (Å²) in [5.41, 5.74) is 4.99. The van der Waals surface area contributed by atoms with Crippen LogP contribution in [0.25, 0.3) is 0 Å². The molecule has 1 fully saturated rings. The fraction of sp³-hybridized carbons (Fsp3) is 0.500. The number of nitrogens with two attached hydrogens (primary N) is 1. The van der Waals surface area contributed by atoms with Gasteiger partial charge in [0, 0.05) is 13.1 Å². The minimum absolute atomic E-state index is 0. The normalized spacial score (nSPS) is 17.7. The third kappa shape index (κ3) is 4.14. The maximum absolute atomic E-state index is 13.1. The van der Waals surface area contributed by atoms with Crippen molar-refractivity contribution >= 4 is 24.0 Å². The van der Waals surface area contributed by atoms with E-state index in [0.717, 1.165) is 31.4 Å². The lowest BCUT2D eigenvalue weighted by molar-refractivity contribution is -0.385. The molecule has 0 aliphatic carbocycles. The molecule has 22 heavy (non-hydrogen) atoms. The molecule has 0 spiro atoms. The average Bonchev–Trinajstić information content (AvgIpc) is 2.47. The Morgan fingerprint density at radius 3 is 2.86 bits per heavy atom. The first-order valence-electron chi connectivity index (χ1n) is 6.96. The Bertz CT molecular complexity index is 554. The van der Waals surface area contributed by atoms with Gasteiger partial charge in [-0.1, -0.05) is 0 Å². The first kappa shape index (κ1) is 18.3. The highest BCUT2D eigenvalue weighted by atomic mass is 35.5. The van der Waals surface area contributed by atoms with E-state index in [9.17, 15) is 19.3 Å². The SMILES string of the molecule is Cl.NCCC1CCCN(C(=O)c2ccc(F)cc2[N+](=O)[O-])C1. The number of hydrogen-bond donors (Lipinski definition) is 1. The third-order valence-electron chi connectivity index (χ3n) is 3.77. The second-order valence-corrected chi connectivity index (χ2v) is 5.26. The van der Waals surface area contributed by atoms with Crippen LogP contribution < -0.4 is 5.73 Å². The largest absolute Gasteiger partial charge is 0.338 e. The Morgan fingerprint density at radius 2 is 2.23 bits per heavy atom. The maximum atomic E-state index is 13.1. The second-order valence-electron chi connectivity index (χ2n) is 5.26. The molecule has 1 unspecified atom stereocenters. The van der Waals surface area contributed by atoms with Gasteiger partial charge in [-0.25, -0.2) is 4.39 Å². The fourth-order valence-electron chi connectivity index (χ4n) is 2.73. The highest BCUT2D eigenvalue weighted by molar-refractivity contribution is 5.98. The molecule has 1 aliphatic rings. The molecule has 2 rings (SSSR count). The van der Waals surface area contributed by atoms with Gasteiger partial charge in [0.15, 0.2) is 0 Å². The lowest BCUT2D eigenvalue weighted by Crippen LogP contribution is -2.40. The van der Waals surface area contributed by atoms with E-state index in [0.29, 0.717) is 25.6 Å². The van der Waals surface area contributed by atoms with Gasteiger partial charge in [-0.15, -0.1) is 12.4 Å². The molecule has 0 saturated carbocycles. The Hall–Kier alpha value is -1.73. The number of halogens is 2. The van der Waals surface area contributed by atoms with Crippen molar-refractivity contribution in [1.82, 2.24) is 4.90 Å². The summed E-state index contributed by atoms with van der Waals surface area (Å²) in [6, 6.07) is 3.04. The minimum atomic E-state index is -0.725. The van der Waals surface area contributed by atoms with Crippen LogP contribution >= 0.6 is 12.4 Å². The number of rotatable bonds is 4. The summed E-state index contributed by atoms with van der Waals surface area (Å²) in [4.78, 5) is 24.3. The topological polar surface area (TPSA) is 89.5 Å². The molecule has 1 aliphatic heterocycles. The van der Waals surface area contributed by atoms with E-state index in [4.69, 9.17) is 5.73 Å². The predicted molar refractivity (Wildman–Crippen MR) is 82.6 cm³/mol.